The van der Waals surface area contributed by atoms with Gasteiger partial charge in [0.2, 0.25) is 0 Å². The number of hydrogen-bond donors (Lipinski definition) is 2. The summed E-state index contributed by atoms with van der Waals surface area (Å²) in [6.07, 6.45) is 4.61. The zero-order valence-corrected chi connectivity index (χ0v) is 10.6. The van der Waals surface area contributed by atoms with Crippen molar-refractivity contribution in [1.82, 2.24) is 0 Å². The molecule has 5 atom stereocenters. The van der Waals surface area contributed by atoms with Gasteiger partial charge >= 0.3 is 0 Å². The van der Waals surface area contributed by atoms with Crippen LogP contribution in [0.5, 0.6) is 0 Å². The van der Waals surface area contributed by atoms with Crippen LogP contribution in [-0.4, -0.2) is 46.8 Å². The van der Waals surface area contributed by atoms with Crippen LogP contribution in [-0.2, 0) is 9.47 Å². The molecule has 2 rings (SSSR count). The molecule has 1 unspecified atom stereocenters. The average Bonchev–Trinajstić information content (AvgIpc) is 2.31. The number of aliphatic hydroxyl groups is 2. The molecule has 4 heteroatoms. The van der Waals surface area contributed by atoms with Crippen LogP contribution < -0.4 is 0 Å². The van der Waals surface area contributed by atoms with E-state index in [2.05, 4.69) is 13.2 Å². The molecule has 4 nitrogen and oxygen atoms in total. The van der Waals surface area contributed by atoms with E-state index in [1.54, 1.807) is 12.2 Å². The topological polar surface area (TPSA) is 58.9 Å². The fourth-order valence-corrected chi connectivity index (χ4v) is 2.78. The van der Waals surface area contributed by atoms with Gasteiger partial charge in [-0.1, -0.05) is 12.2 Å². The molecule has 0 aliphatic carbocycles. The van der Waals surface area contributed by atoms with Crippen molar-refractivity contribution in [2.75, 3.05) is 6.61 Å². The third kappa shape index (κ3) is 2.83. The Balaban J connectivity index is 2.01. The van der Waals surface area contributed by atoms with Crippen molar-refractivity contribution in [2.45, 2.75) is 55.7 Å². The SMILES string of the molecule is C=CC[C@@H]1O[C@@H]2CC(O)(CC=C)CO[C@@H]2C[C@H]1O. The van der Waals surface area contributed by atoms with E-state index in [0.717, 1.165) is 0 Å². The molecule has 0 saturated carbocycles. The van der Waals surface area contributed by atoms with Crippen LogP contribution in [0, 0.1) is 0 Å². The maximum absolute atomic E-state index is 10.3. The lowest BCUT2D eigenvalue weighted by molar-refractivity contribution is -0.241. The monoisotopic (exact) mass is 254 g/mol. The lowest BCUT2D eigenvalue weighted by atomic mass is 9.84. The molecule has 0 aromatic carbocycles. The molecule has 2 fully saturated rings. The van der Waals surface area contributed by atoms with Gasteiger partial charge in [-0.05, 0) is 12.8 Å². The quantitative estimate of drug-likeness (QED) is 0.740. The van der Waals surface area contributed by atoms with Crippen molar-refractivity contribution in [2.24, 2.45) is 0 Å². The van der Waals surface area contributed by atoms with Gasteiger partial charge in [-0.2, -0.15) is 0 Å². The van der Waals surface area contributed by atoms with Crippen molar-refractivity contribution in [3.05, 3.63) is 25.3 Å². The van der Waals surface area contributed by atoms with Crippen LogP contribution in [0.1, 0.15) is 25.7 Å². The summed E-state index contributed by atoms with van der Waals surface area (Å²) >= 11 is 0. The highest BCUT2D eigenvalue weighted by atomic mass is 16.6. The van der Waals surface area contributed by atoms with E-state index in [-0.39, 0.29) is 24.9 Å². The van der Waals surface area contributed by atoms with E-state index in [9.17, 15) is 10.2 Å². The third-order valence-corrected chi connectivity index (χ3v) is 3.74. The summed E-state index contributed by atoms with van der Waals surface area (Å²) in [6, 6.07) is 0. The summed E-state index contributed by atoms with van der Waals surface area (Å²) in [7, 11) is 0. The second-order valence-electron chi connectivity index (χ2n) is 5.31. The molecule has 0 aromatic rings. The highest BCUT2D eigenvalue weighted by molar-refractivity contribution is 4.98. The van der Waals surface area contributed by atoms with Crippen molar-refractivity contribution in [3.8, 4) is 0 Å². The highest BCUT2D eigenvalue weighted by Gasteiger charge is 2.45. The predicted molar refractivity (Wildman–Crippen MR) is 68.2 cm³/mol. The maximum atomic E-state index is 10.3. The zero-order valence-electron chi connectivity index (χ0n) is 10.6. The Kier molecular flexibility index (Phi) is 4.22. The Morgan fingerprint density at radius 2 is 2.06 bits per heavy atom. The Bertz CT molecular complexity index is 317. The summed E-state index contributed by atoms with van der Waals surface area (Å²) in [5, 5.41) is 20.3. The summed E-state index contributed by atoms with van der Waals surface area (Å²) in [5.74, 6) is 0. The Morgan fingerprint density at radius 1 is 1.28 bits per heavy atom. The fraction of sp³-hybridized carbons (Fsp3) is 0.714. The average molecular weight is 254 g/mol. The van der Waals surface area contributed by atoms with E-state index >= 15 is 0 Å². The number of aliphatic hydroxyl groups excluding tert-OH is 1. The van der Waals surface area contributed by atoms with Crippen LogP contribution in [0.15, 0.2) is 25.3 Å². The first kappa shape index (κ1) is 13.7. The molecule has 0 bridgehead atoms. The van der Waals surface area contributed by atoms with E-state index < -0.39 is 11.7 Å². The molecule has 18 heavy (non-hydrogen) atoms. The molecular weight excluding hydrogens is 232 g/mol. The molecule has 102 valence electrons. The fourth-order valence-electron chi connectivity index (χ4n) is 2.78. The Hall–Kier alpha value is -0.680. The Morgan fingerprint density at radius 3 is 2.72 bits per heavy atom. The van der Waals surface area contributed by atoms with Gasteiger partial charge in [-0.3, -0.25) is 0 Å². The summed E-state index contributed by atoms with van der Waals surface area (Å²) in [4.78, 5) is 0. The molecule has 0 radical (unpaired) electrons. The minimum Gasteiger partial charge on any atom is -0.390 e. The predicted octanol–water partition coefficient (Wildman–Crippen LogP) is 1.18. The Labute approximate surface area is 108 Å². The second-order valence-corrected chi connectivity index (χ2v) is 5.31. The standard InChI is InChI=1S/C14H22O4/c1-3-5-11-10(15)7-12-13(18-11)8-14(16,6-4-2)9-17-12/h3-4,10-13,15-16H,1-2,5-9H2/t10-,11+,12-,13-,14?/m1/s1. The van der Waals surface area contributed by atoms with Gasteiger partial charge in [0.1, 0.15) is 0 Å². The van der Waals surface area contributed by atoms with Crippen LogP contribution in [0.4, 0.5) is 0 Å². The third-order valence-electron chi connectivity index (χ3n) is 3.74. The smallest absolute Gasteiger partial charge is 0.0940 e. The van der Waals surface area contributed by atoms with E-state index in [1.807, 2.05) is 0 Å². The van der Waals surface area contributed by atoms with Crippen LogP contribution >= 0.6 is 0 Å². The molecule has 2 saturated heterocycles. The summed E-state index contributed by atoms with van der Waals surface area (Å²) in [5.41, 5.74) is -0.885. The number of fused-ring (bicyclic) bond motifs is 1. The minimum atomic E-state index is -0.885. The lowest BCUT2D eigenvalue weighted by Crippen LogP contribution is -2.56. The molecule has 0 aromatic heterocycles. The molecule has 2 aliphatic heterocycles. The number of hydrogen-bond acceptors (Lipinski definition) is 4. The first-order valence-corrected chi connectivity index (χ1v) is 6.47. The van der Waals surface area contributed by atoms with Gasteiger partial charge in [0.15, 0.2) is 0 Å². The van der Waals surface area contributed by atoms with Crippen molar-refractivity contribution >= 4 is 0 Å². The van der Waals surface area contributed by atoms with Crippen molar-refractivity contribution in [1.29, 1.82) is 0 Å². The van der Waals surface area contributed by atoms with Crippen molar-refractivity contribution in [3.63, 3.8) is 0 Å². The second kappa shape index (κ2) is 5.53. The van der Waals surface area contributed by atoms with Gasteiger partial charge < -0.3 is 19.7 Å². The minimum absolute atomic E-state index is 0.119. The van der Waals surface area contributed by atoms with Gasteiger partial charge in [0.25, 0.3) is 0 Å². The molecule has 0 spiro atoms. The van der Waals surface area contributed by atoms with Gasteiger partial charge in [0, 0.05) is 12.8 Å². The highest BCUT2D eigenvalue weighted by Crippen LogP contribution is 2.35. The normalized spacial score (nSPS) is 44.1. The van der Waals surface area contributed by atoms with E-state index in [1.165, 1.54) is 0 Å². The summed E-state index contributed by atoms with van der Waals surface area (Å²) < 4.78 is 11.5. The molecule has 2 N–H and O–H groups in total. The van der Waals surface area contributed by atoms with Crippen LogP contribution in [0.25, 0.3) is 0 Å². The lowest BCUT2D eigenvalue weighted by Gasteiger charge is -2.46. The molecule has 2 heterocycles. The van der Waals surface area contributed by atoms with Crippen molar-refractivity contribution < 1.29 is 19.7 Å². The maximum Gasteiger partial charge on any atom is 0.0940 e. The van der Waals surface area contributed by atoms with E-state index in [4.69, 9.17) is 9.47 Å². The summed E-state index contributed by atoms with van der Waals surface area (Å²) in [6.45, 7) is 7.60. The van der Waals surface area contributed by atoms with Gasteiger partial charge in [-0.15, -0.1) is 13.2 Å². The first-order valence-electron chi connectivity index (χ1n) is 6.47. The largest absolute Gasteiger partial charge is 0.390 e. The number of ether oxygens (including phenoxy) is 2. The molecular formula is C14H22O4. The van der Waals surface area contributed by atoms with Crippen LogP contribution in [0.3, 0.4) is 0 Å². The van der Waals surface area contributed by atoms with Gasteiger partial charge in [0.05, 0.1) is 36.6 Å². The molecule has 2 aliphatic rings. The van der Waals surface area contributed by atoms with E-state index in [0.29, 0.717) is 25.7 Å². The van der Waals surface area contributed by atoms with Crippen LogP contribution in [0.2, 0.25) is 0 Å². The zero-order chi connectivity index (χ0) is 13.2. The molecule has 0 amide bonds. The van der Waals surface area contributed by atoms with Gasteiger partial charge in [-0.25, -0.2) is 0 Å². The first-order chi connectivity index (χ1) is 8.58. The number of rotatable bonds is 4.